The molecule has 0 aromatic rings. The quantitative estimate of drug-likeness (QED) is 0.0490. The topological polar surface area (TPSA) is 9.72 Å². The molecule has 0 rings (SSSR count). The summed E-state index contributed by atoms with van der Waals surface area (Å²) in [6, 6.07) is -1.61. The average Bonchev–Trinajstić information content (AvgIpc) is 3.01. The third-order valence-electron chi connectivity index (χ3n) is 9.34. The normalized spacial score (nSPS) is 12.4. The molecule has 0 amide bonds. The molecular weight excluding hydrogens is 573 g/mol. The van der Waals surface area contributed by atoms with E-state index in [1.165, 1.54) is 212 Å². The molecule has 5 heteroatoms. The maximum absolute atomic E-state index is 7.03. The van der Waals surface area contributed by atoms with Crippen LogP contribution >= 0.6 is 6.04 Å². The van der Waals surface area contributed by atoms with E-state index in [1.807, 2.05) is 0 Å². The standard InChI is InChI=1S/C39H84N3PS/c1-7-13-19-25-31-40(32-26-20-14-8-2)37-43(44,38-41(33-27-21-15-9-3)34-28-22-16-10-4)39-42(35-29-23-17-11-5)36-30-24-18-12-6/h7-39H2,1-6H3. The number of nitrogens with zero attached hydrogens (tertiary/aromatic N) is 3. The molecule has 0 fully saturated rings. The van der Waals surface area contributed by atoms with Gasteiger partial charge in [-0.05, 0) is 83.8 Å². The zero-order valence-electron chi connectivity index (χ0n) is 31.5. The molecule has 3 nitrogen and oxygen atoms in total. The Balaban J connectivity index is 5.98. The number of unbranched alkanes of at least 4 members (excludes halogenated alkanes) is 18. The fraction of sp³-hybridized carbons (Fsp3) is 1.00. The first-order valence-electron chi connectivity index (χ1n) is 20.2. The predicted octanol–water partition coefficient (Wildman–Crippen LogP) is 12.7. The molecule has 0 aliphatic carbocycles. The minimum Gasteiger partial charge on any atom is -0.298 e. The first kappa shape index (κ1) is 44.5. The van der Waals surface area contributed by atoms with Crippen molar-refractivity contribution in [1.29, 1.82) is 0 Å². The molecule has 0 saturated heterocycles. The van der Waals surface area contributed by atoms with Crippen LogP contribution in [-0.4, -0.2) is 72.8 Å². The average molecular weight is 658 g/mol. The summed E-state index contributed by atoms with van der Waals surface area (Å²) in [5.74, 6) is 0. The van der Waals surface area contributed by atoms with Gasteiger partial charge in [-0.1, -0.05) is 169 Å². The van der Waals surface area contributed by atoms with E-state index in [1.54, 1.807) is 0 Å². The van der Waals surface area contributed by atoms with Gasteiger partial charge in [0.05, 0.1) is 0 Å². The Morgan fingerprint density at radius 3 is 0.636 bits per heavy atom. The second-order valence-corrected chi connectivity index (χ2v) is 19.5. The van der Waals surface area contributed by atoms with Crippen molar-refractivity contribution in [3.63, 3.8) is 0 Å². The minimum atomic E-state index is -1.61. The van der Waals surface area contributed by atoms with Gasteiger partial charge in [0.25, 0.3) is 0 Å². The van der Waals surface area contributed by atoms with Crippen molar-refractivity contribution in [2.24, 2.45) is 0 Å². The van der Waals surface area contributed by atoms with E-state index >= 15 is 0 Å². The molecule has 0 aliphatic rings. The Morgan fingerprint density at radius 2 is 0.477 bits per heavy atom. The fourth-order valence-electron chi connectivity index (χ4n) is 6.56. The van der Waals surface area contributed by atoms with E-state index in [9.17, 15) is 0 Å². The molecule has 0 unspecified atom stereocenters. The lowest BCUT2D eigenvalue weighted by atomic mass is 10.2. The largest absolute Gasteiger partial charge is 0.298 e. The van der Waals surface area contributed by atoms with E-state index in [0.29, 0.717) is 0 Å². The number of rotatable bonds is 36. The molecule has 0 bridgehead atoms. The summed E-state index contributed by atoms with van der Waals surface area (Å²) in [6.45, 7) is 21.7. The van der Waals surface area contributed by atoms with Crippen LogP contribution in [0.15, 0.2) is 0 Å². The molecule has 44 heavy (non-hydrogen) atoms. The van der Waals surface area contributed by atoms with Gasteiger partial charge in [-0.3, -0.25) is 14.7 Å². The van der Waals surface area contributed by atoms with Crippen molar-refractivity contribution in [2.45, 2.75) is 196 Å². The lowest BCUT2D eigenvalue weighted by Gasteiger charge is -2.38. The zero-order valence-corrected chi connectivity index (χ0v) is 33.2. The SMILES string of the molecule is CCCCCCN(CCCCCC)CP(=S)(CN(CCCCCC)CCCCCC)CN(CCCCCC)CCCCCC. The highest BCUT2D eigenvalue weighted by molar-refractivity contribution is 8.14. The van der Waals surface area contributed by atoms with Crippen molar-refractivity contribution in [3.05, 3.63) is 0 Å². The molecule has 0 atom stereocenters. The second-order valence-electron chi connectivity index (χ2n) is 14.2. The molecule has 0 heterocycles. The van der Waals surface area contributed by atoms with E-state index in [0.717, 1.165) is 0 Å². The van der Waals surface area contributed by atoms with Gasteiger partial charge in [-0.2, -0.15) is 0 Å². The highest BCUT2D eigenvalue weighted by Gasteiger charge is 2.26. The van der Waals surface area contributed by atoms with Crippen molar-refractivity contribution < 1.29 is 0 Å². The van der Waals surface area contributed by atoms with Gasteiger partial charge in [0.1, 0.15) is 0 Å². The van der Waals surface area contributed by atoms with Crippen molar-refractivity contribution in [2.75, 3.05) is 58.1 Å². The van der Waals surface area contributed by atoms with Crippen LogP contribution in [0, 0.1) is 0 Å². The monoisotopic (exact) mass is 658 g/mol. The predicted molar refractivity (Wildman–Crippen MR) is 208 cm³/mol. The van der Waals surface area contributed by atoms with Crippen LogP contribution < -0.4 is 0 Å². The van der Waals surface area contributed by atoms with Gasteiger partial charge in [0.15, 0.2) is 0 Å². The van der Waals surface area contributed by atoms with E-state index in [-0.39, 0.29) is 0 Å². The Hall–Kier alpha value is 0.530. The summed E-state index contributed by atoms with van der Waals surface area (Å²) >= 11 is 7.03. The summed E-state index contributed by atoms with van der Waals surface area (Å²) in [4.78, 5) is 8.64. The van der Waals surface area contributed by atoms with Crippen molar-refractivity contribution >= 4 is 17.8 Å². The second kappa shape index (κ2) is 33.4. The Kier molecular flexibility index (Phi) is 33.8. The van der Waals surface area contributed by atoms with E-state index in [4.69, 9.17) is 11.8 Å². The minimum absolute atomic E-state index is 1.21. The molecule has 266 valence electrons. The van der Waals surface area contributed by atoms with Gasteiger partial charge in [0, 0.05) is 18.9 Å². The van der Waals surface area contributed by atoms with Gasteiger partial charge < -0.3 is 0 Å². The van der Waals surface area contributed by atoms with Crippen LogP contribution in [0.25, 0.3) is 0 Å². The molecule has 0 saturated carbocycles. The maximum Gasteiger partial charge on any atom is 0.0298 e. The third kappa shape index (κ3) is 27.6. The Labute approximate surface area is 285 Å². The highest BCUT2D eigenvalue weighted by atomic mass is 32.4. The fourth-order valence-corrected chi connectivity index (χ4v) is 11.3. The summed E-state index contributed by atoms with van der Waals surface area (Å²) in [6.07, 6.45) is 36.3. The van der Waals surface area contributed by atoms with Crippen molar-refractivity contribution in [3.8, 4) is 0 Å². The zero-order chi connectivity index (χ0) is 32.6. The molecular formula is C39H84N3PS. The van der Waals surface area contributed by atoms with Gasteiger partial charge >= 0.3 is 0 Å². The Morgan fingerprint density at radius 1 is 0.295 bits per heavy atom. The summed E-state index contributed by atoms with van der Waals surface area (Å²) < 4.78 is 0. The molecule has 0 radical (unpaired) electrons. The van der Waals surface area contributed by atoms with Crippen molar-refractivity contribution in [1.82, 2.24) is 14.7 Å². The lowest BCUT2D eigenvalue weighted by Crippen LogP contribution is -2.37. The third-order valence-corrected chi connectivity index (χ3v) is 13.1. The Bertz CT molecular complexity index is 499. The van der Waals surface area contributed by atoms with Crippen LogP contribution in [0.2, 0.25) is 0 Å². The van der Waals surface area contributed by atoms with Crippen LogP contribution in [0.1, 0.15) is 196 Å². The van der Waals surface area contributed by atoms with E-state index in [2.05, 4.69) is 56.2 Å². The maximum atomic E-state index is 7.03. The molecule has 0 aromatic carbocycles. The first-order chi connectivity index (χ1) is 21.5. The highest BCUT2D eigenvalue weighted by Crippen LogP contribution is 2.48. The number of hydrogen-bond donors (Lipinski definition) is 0. The lowest BCUT2D eigenvalue weighted by molar-refractivity contribution is 0.273. The van der Waals surface area contributed by atoms with Crippen LogP contribution in [0.4, 0.5) is 0 Å². The molecule has 0 aliphatic heterocycles. The summed E-state index contributed by atoms with van der Waals surface area (Å²) in [7, 11) is 0. The van der Waals surface area contributed by atoms with Crippen LogP contribution in [0.3, 0.4) is 0 Å². The van der Waals surface area contributed by atoms with Crippen LogP contribution in [-0.2, 0) is 11.8 Å². The number of hydrogen-bond acceptors (Lipinski definition) is 4. The smallest absolute Gasteiger partial charge is 0.0298 e. The van der Waals surface area contributed by atoms with Gasteiger partial charge in [0.2, 0.25) is 0 Å². The molecule has 0 N–H and O–H groups in total. The summed E-state index contributed by atoms with van der Waals surface area (Å²) in [5.41, 5.74) is 0. The van der Waals surface area contributed by atoms with Crippen LogP contribution in [0.5, 0.6) is 0 Å². The van der Waals surface area contributed by atoms with Gasteiger partial charge in [-0.25, -0.2) is 0 Å². The van der Waals surface area contributed by atoms with Gasteiger partial charge in [-0.15, -0.1) is 0 Å². The molecule has 0 aromatic heterocycles. The van der Waals surface area contributed by atoms with E-state index < -0.39 is 6.04 Å². The molecule has 0 spiro atoms. The summed E-state index contributed by atoms with van der Waals surface area (Å²) in [5, 5.41) is 0. The first-order valence-corrected chi connectivity index (χ1v) is 23.6.